The van der Waals surface area contributed by atoms with E-state index < -0.39 is 0 Å². The number of carbonyl (C=O) groups is 1. The Morgan fingerprint density at radius 3 is 2.74 bits per heavy atom. The lowest BCUT2D eigenvalue weighted by Crippen LogP contribution is -2.46. The van der Waals surface area contributed by atoms with Gasteiger partial charge in [0, 0.05) is 11.6 Å². The van der Waals surface area contributed by atoms with Crippen LogP contribution < -0.4 is 15.8 Å². The Morgan fingerprint density at radius 2 is 1.96 bits per heavy atom. The fourth-order valence-electron chi connectivity index (χ4n) is 4.67. The van der Waals surface area contributed by atoms with Crippen LogP contribution in [0.1, 0.15) is 43.7 Å². The molecule has 1 aliphatic heterocycles. The van der Waals surface area contributed by atoms with Crippen LogP contribution in [0.2, 0.25) is 0 Å². The predicted octanol–water partition coefficient (Wildman–Crippen LogP) is 2.81. The Kier molecular flexibility index (Phi) is 4.83. The number of fused-ring (bicyclic) bond motifs is 3. The van der Waals surface area contributed by atoms with Crippen molar-refractivity contribution in [3.8, 4) is 5.75 Å². The Bertz CT molecular complexity index is 578. The van der Waals surface area contributed by atoms with Crippen molar-refractivity contribution in [1.82, 2.24) is 5.32 Å². The van der Waals surface area contributed by atoms with Gasteiger partial charge >= 0.3 is 0 Å². The first-order valence-corrected chi connectivity index (χ1v) is 8.51. The lowest BCUT2D eigenvalue weighted by molar-refractivity contribution is -0.127. The summed E-state index contributed by atoms with van der Waals surface area (Å²) in [4.78, 5) is 12.8. The van der Waals surface area contributed by atoms with E-state index >= 15 is 0 Å². The zero-order valence-electron chi connectivity index (χ0n) is 13.2. The van der Waals surface area contributed by atoms with Gasteiger partial charge in [-0.25, -0.2) is 0 Å². The summed E-state index contributed by atoms with van der Waals surface area (Å²) in [6, 6.07) is 8.15. The molecule has 1 heterocycles. The van der Waals surface area contributed by atoms with Crippen LogP contribution in [0.4, 0.5) is 0 Å². The monoisotopic (exact) mass is 336 g/mol. The molecule has 2 saturated carbocycles. The van der Waals surface area contributed by atoms with Gasteiger partial charge in [0.2, 0.25) is 5.91 Å². The molecule has 4 nitrogen and oxygen atoms in total. The molecule has 5 unspecified atom stereocenters. The molecule has 0 aromatic heterocycles. The molecule has 2 bridgehead atoms. The summed E-state index contributed by atoms with van der Waals surface area (Å²) in [5.74, 6) is 2.13. The number of benzene rings is 1. The van der Waals surface area contributed by atoms with E-state index in [-0.39, 0.29) is 36.3 Å². The second-order valence-corrected chi connectivity index (χ2v) is 7.03. The quantitative estimate of drug-likeness (QED) is 0.872. The Morgan fingerprint density at radius 1 is 1.17 bits per heavy atom. The van der Waals surface area contributed by atoms with Gasteiger partial charge in [-0.15, -0.1) is 12.4 Å². The van der Waals surface area contributed by atoms with Crippen LogP contribution in [0.5, 0.6) is 5.75 Å². The van der Waals surface area contributed by atoms with Crippen molar-refractivity contribution in [2.24, 2.45) is 23.5 Å². The minimum Gasteiger partial charge on any atom is -0.493 e. The van der Waals surface area contributed by atoms with E-state index in [2.05, 4.69) is 11.4 Å². The van der Waals surface area contributed by atoms with Gasteiger partial charge in [-0.2, -0.15) is 0 Å². The Labute approximate surface area is 143 Å². The van der Waals surface area contributed by atoms with Gasteiger partial charge in [0.05, 0.1) is 18.6 Å². The summed E-state index contributed by atoms with van der Waals surface area (Å²) < 4.78 is 5.78. The van der Waals surface area contributed by atoms with E-state index in [4.69, 9.17) is 10.5 Å². The third-order valence-corrected chi connectivity index (χ3v) is 5.79. The lowest BCUT2D eigenvalue weighted by atomic mass is 9.84. The summed E-state index contributed by atoms with van der Waals surface area (Å²) in [6.07, 6.45) is 5.40. The topological polar surface area (TPSA) is 64.4 Å². The standard InChI is InChI=1S/C18H24N2O2.ClH/c19-17-12-8-7-11(10-12)16(17)18(21)20-14-5-3-9-22-15-6-2-1-4-13(14)15;/h1-2,4,6,11-12,14,16-17H,3,5,7-10,19H2,(H,20,21);1H. The maximum absolute atomic E-state index is 12.8. The molecule has 5 atom stereocenters. The number of rotatable bonds is 2. The van der Waals surface area contributed by atoms with Gasteiger partial charge < -0.3 is 15.8 Å². The number of halogens is 1. The summed E-state index contributed by atoms with van der Waals surface area (Å²) in [7, 11) is 0. The van der Waals surface area contributed by atoms with E-state index in [1.54, 1.807) is 0 Å². The number of ether oxygens (including phenoxy) is 1. The van der Waals surface area contributed by atoms with Gasteiger partial charge in [0.25, 0.3) is 0 Å². The first-order chi connectivity index (χ1) is 10.7. The molecular formula is C18H25ClN2O2. The molecule has 1 aromatic carbocycles. The molecule has 5 heteroatoms. The third-order valence-electron chi connectivity index (χ3n) is 5.79. The molecule has 1 aromatic rings. The summed E-state index contributed by atoms with van der Waals surface area (Å²) in [6.45, 7) is 0.719. The largest absolute Gasteiger partial charge is 0.493 e. The van der Waals surface area contributed by atoms with E-state index in [9.17, 15) is 4.79 Å². The number of hydrogen-bond acceptors (Lipinski definition) is 3. The van der Waals surface area contributed by atoms with Crippen LogP contribution in [0.25, 0.3) is 0 Å². The highest BCUT2D eigenvalue weighted by Crippen LogP contribution is 2.48. The van der Waals surface area contributed by atoms with Crippen molar-refractivity contribution in [1.29, 1.82) is 0 Å². The number of nitrogens with two attached hydrogens (primary N) is 1. The molecule has 0 radical (unpaired) electrons. The van der Waals surface area contributed by atoms with Crippen LogP contribution in [-0.4, -0.2) is 18.6 Å². The van der Waals surface area contributed by atoms with Crippen LogP contribution in [0.3, 0.4) is 0 Å². The zero-order chi connectivity index (χ0) is 15.1. The van der Waals surface area contributed by atoms with E-state index in [1.165, 1.54) is 12.8 Å². The minimum atomic E-state index is 0. The van der Waals surface area contributed by atoms with Crippen molar-refractivity contribution in [2.45, 2.75) is 44.2 Å². The highest BCUT2D eigenvalue weighted by molar-refractivity contribution is 5.85. The number of hydrogen-bond donors (Lipinski definition) is 2. The van der Waals surface area contributed by atoms with Crippen LogP contribution in [0.15, 0.2) is 24.3 Å². The van der Waals surface area contributed by atoms with Crippen molar-refractivity contribution in [3.05, 3.63) is 29.8 Å². The fourth-order valence-corrected chi connectivity index (χ4v) is 4.67. The predicted molar refractivity (Wildman–Crippen MR) is 91.6 cm³/mol. The second kappa shape index (κ2) is 6.70. The number of nitrogens with one attached hydrogen (secondary N) is 1. The van der Waals surface area contributed by atoms with Crippen molar-refractivity contribution in [3.63, 3.8) is 0 Å². The smallest absolute Gasteiger partial charge is 0.225 e. The number of carbonyl (C=O) groups excluding carboxylic acids is 1. The summed E-state index contributed by atoms with van der Waals surface area (Å²) in [5.41, 5.74) is 7.41. The van der Waals surface area contributed by atoms with E-state index in [1.807, 2.05) is 18.2 Å². The van der Waals surface area contributed by atoms with Crippen molar-refractivity contribution in [2.75, 3.05) is 6.61 Å². The molecule has 3 N–H and O–H groups in total. The van der Waals surface area contributed by atoms with Crippen molar-refractivity contribution < 1.29 is 9.53 Å². The molecule has 0 saturated heterocycles. The first kappa shape index (κ1) is 16.6. The molecule has 23 heavy (non-hydrogen) atoms. The molecule has 1 amide bonds. The molecule has 2 fully saturated rings. The van der Waals surface area contributed by atoms with Crippen LogP contribution >= 0.6 is 12.4 Å². The van der Waals surface area contributed by atoms with Gasteiger partial charge in [0.1, 0.15) is 5.75 Å². The average Bonchev–Trinajstić information content (AvgIpc) is 3.05. The number of para-hydroxylation sites is 1. The Hall–Kier alpha value is -1.26. The highest BCUT2D eigenvalue weighted by atomic mass is 35.5. The van der Waals surface area contributed by atoms with E-state index in [0.29, 0.717) is 11.8 Å². The van der Waals surface area contributed by atoms with Crippen molar-refractivity contribution >= 4 is 18.3 Å². The lowest BCUT2D eigenvalue weighted by Gasteiger charge is -2.29. The molecule has 2 aliphatic carbocycles. The van der Waals surface area contributed by atoms with Gasteiger partial charge in [-0.05, 0) is 50.0 Å². The zero-order valence-corrected chi connectivity index (χ0v) is 14.1. The fraction of sp³-hybridized carbons (Fsp3) is 0.611. The average molecular weight is 337 g/mol. The summed E-state index contributed by atoms with van der Waals surface area (Å²) >= 11 is 0. The number of amides is 1. The van der Waals surface area contributed by atoms with Gasteiger partial charge in [-0.3, -0.25) is 4.79 Å². The summed E-state index contributed by atoms with van der Waals surface area (Å²) in [5, 5.41) is 3.27. The van der Waals surface area contributed by atoms with Crippen LogP contribution in [0, 0.1) is 17.8 Å². The molecule has 4 rings (SSSR count). The molecule has 3 aliphatic rings. The normalized spacial score (nSPS) is 34.7. The maximum Gasteiger partial charge on any atom is 0.225 e. The van der Waals surface area contributed by atoms with Gasteiger partial charge in [-0.1, -0.05) is 18.2 Å². The first-order valence-electron chi connectivity index (χ1n) is 8.51. The van der Waals surface area contributed by atoms with Gasteiger partial charge in [0.15, 0.2) is 0 Å². The molecule has 126 valence electrons. The third kappa shape index (κ3) is 2.94. The molecular weight excluding hydrogens is 312 g/mol. The maximum atomic E-state index is 12.8. The Balaban J connectivity index is 0.00000156. The van der Waals surface area contributed by atoms with Crippen LogP contribution in [-0.2, 0) is 4.79 Å². The minimum absolute atomic E-state index is 0. The van der Waals surface area contributed by atoms with E-state index in [0.717, 1.165) is 37.2 Å². The highest BCUT2D eigenvalue weighted by Gasteiger charge is 2.49. The second-order valence-electron chi connectivity index (χ2n) is 7.03. The SMILES string of the molecule is Cl.NC1C2CCC(C2)C1C(=O)NC1CCCOc2ccccc21. The molecule has 0 spiro atoms.